The molecule has 0 amide bonds. The summed E-state index contributed by atoms with van der Waals surface area (Å²) in [6, 6.07) is 18.0. The molecule has 0 unspecified atom stereocenters. The molecule has 17 heavy (non-hydrogen) atoms. The Balaban J connectivity index is 2.30. The van der Waals surface area contributed by atoms with Crippen LogP contribution in [0.1, 0.15) is 0 Å². The summed E-state index contributed by atoms with van der Waals surface area (Å²) in [7, 11) is 0. The Kier molecular flexibility index (Phi) is 2.54. The molecule has 0 saturated carbocycles. The molecule has 1 heterocycles. The minimum absolute atomic E-state index is 0.746. The lowest BCUT2D eigenvalue weighted by Crippen LogP contribution is -1.84. The first kappa shape index (κ1) is 10.3. The van der Waals surface area contributed by atoms with Crippen LogP contribution < -0.4 is 0 Å². The van der Waals surface area contributed by atoms with Gasteiger partial charge in [0, 0.05) is 22.2 Å². The summed E-state index contributed by atoms with van der Waals surface area (Å²) >= 11 is 6.03. The molecule has 0 spiro atoms. The van der Waals surface area contributed by atoms with E-state index >= 15 is 0 Å². The molecule has 0 fully saturated rings. The summed E-state index contributed by atoms with van der Waals surface area (Å²) in [5.74, 6) is 0. The summed E-state index contributed by atoms with van der Waals surface area (Å²) in [6.45, 7) is 0. The van der Waals surface area contributed by atoms with Gasteiger partial charge in [0.15, 0.2) is 0 Å². The molecular formula is C15H10ClN. The first-order valence-corrected chi connectivity index (χ1v) is 5.82. The van der Waals surface area contributed by atoms with Crippen LogP contribution in [0.4, 0.5) is 0 Å². The van der Waals surface area contributed by atoms with Gasteiger partial charge in [-0.15, -0.1) is 0 Å². The molecule has 82 valence electrons. The van der Waals surface area contributed by atoms with Gasteiger partial charge >= 0.3 is 0 Å². The van der Waals surface area contributed by atoms with Crippen molar-refractivity contribution in [1.82, 2.24) is 4.98 Å². The van der Waals surface area contributed by atoms with Crippen LogP contribution in [-0.2, 0) is 0 Å². The highest BCUT2D eigenvalue weighted by molar-refractivity contribution is 6.30. The van der Waals surface area contributed by atoms with Crippen molar-refractivity contribution in [2.24, 2.45) is 0 Å². The number of pyridine rings is 1. The van der Waals surface area contributed by atoms with E-state index < -0.39 is 0 Å². The van der Waals surface area contributed by atoms with Gasteiger partial charge in [0.2, 0.25) is 0 Å². The van der Waals surface area contributed by atoms with Gasteiger partial charge in [0.05, 0.1) is 5.52 Å². The maximum Gasteiger partial charge on any atom is 0.0780 e. The third-order valence-electron chi connectivity index (χ3n) is 2.77. The number of nitrogens with zero attached hydrogens (tertiary/aromatic N) is 1. The lowest BCUT2D eigenvalue weighted by Gasteiger charge is -2.05. The predicted molar refractivity (Wildman–Crippen MR) is 72.2 cm³/mol. The number of benzene rings is 2. The van der Waals surface area contributed by atoms with Crippen LogP contribution in [0.25, 0.3) is 22.0 Å². The van der Waals surface area contributed by atoms with Crippen LogP contribution >= 0.6 is 11.6 Å². The number of aromatic nitrogens is 1. The van der Waals surface area contributed by atoms with E-state index in [0.29, 0.717) is 0 Å². The second-order valence-corrected chi connectivity index (χ2v) is 4.33. The van der Waals surface area contributed by atoms with Gasteiger partial charge in [0.25, 0.3) is 0 Å². The summed E-state index contributed by atoms with van der Waals surface area (Å²) in [5.41, 5.74) is 3.23. The largest absolute Gasteiger partial charge is 0.256 e. The van der Waals surface area contributed by atoms with Crippen LogP contribution in [0, 0.1) is 0 Å². The van der Waals surface area contributed by atoms with Crippen molar-refractivity contribution in [3.8, 4) is 11.1 Å². The Morgan fingerprint density at radius 2 is 1.71 bits per heavy atom. The fourth-order valence-electron chi connectivity index (χ4n) is 1.99. The van der Waals surface area contributed by atoms with Gasteiger partial charge < -0.3 is 0 Å². The highest BCUT2D eigenvalue weighted by atomic mass is 35.5. The summed E-state index contributed by atoms with van der Waals surface area (Å²) in [6.07, 6.45) is 1.82. The minimum Gasteiger partial charge on any atom is -0.256 e. The molecule has 0 saturated heterocycles. The van der Waals surface area contributed by atoms with Crippen molar-refractivity contribution in [2.45, 2.75) is 0 Å². The van der Waals surface area contributed by atoms with E-state index in [1.807, 2.05) is 36.5 Å². The number of halogens is 1. The smallest absolute Gasteiger partial charge is 0.0780 e. The zero-order chi connectivity index (χ0) is 11.7. The van der Waals surface area contributed by atoms with Crippen LogP contribution in [-0.4, -0.2) is 4.98 Å². The molecule has 2 heteroatoms. The minimum atomic E-state index is 0.746. The van der Waals surface area contributed by atoms with Crippen LogP contribution in [0.3, 0.4) is 0 Å². The topological polar surface area (TPSA) is 12.9 Å². The van der Waals surface area contributed by atoms with Gasteiger partial charge in [-0.1, -0.05) is 48.0 Å². The SMILES string of the molecule is Clc1cccc(-c2cccc3cccnc23)c1. The fourth-order valence-corrected chi connectivity index (χ4v) is 2.18. The fraction of sp³-hybridized carbons (Fsp3) is 0. The first-order chi connectivity index (χ1) is 8.34. The molecule has 0 aliphatic heterocycles. The second kappa shape index (κ2) is 4.19. The molecule has 0 bridgehead atoms. The number of rotatable bonds is 1. The van der Waals surface area contributed by atoms with Gasteiger partial charge in [-0.05, 0) is 23.8 Å². The number of para-hydroxylation sites is 1. The molecule has 0 aliphatic carbocycles. The van der Waals surface area contributed by atoms with E-state index in [9.17, 15) is 0 Å². The van der Waals surface area contributed by atoms with Crippen molar-refractivity contribution in [2.75, 3.05) is 0 Å². The Morgan fingerprint density at radius 3 is 2.59 bits per heavy atom. The van der Waals surface area contributed by atoms with Crippen molar-refractivity contribution in [1.29, 1.82) is 0 Å². The van der Waals surface area contributed by atoms with Gasteiger partial charge in [-0.3, -0.25) is 4.98 Å². The van der Waals surface area contributed by atoms with Crippen molar-refractivity contribution >= 4 is 22.5 Å². The molecule has 1 aromatic heterocycles. The Labute approximate surface area is 105 Å². The van der Waals surface area contributed by atoms with Crippen molar-refractivity contribution in [3.05, 3.63) is 65.8 Å². The highest BCUT2D eigenvalue weighted by Gasteiger charge is 2.04. The summed E-state index contributed by atoms with van der Waals surface area (Å²) in [4.78, 5) is 4.44. The quantitative estimate of drug-likeness (QED) is 0.607. The molecule has 0 N–H and O–H groups in total. The maximum absolute atomic E-state index is 6.03. The van der Waals surface area contributed by atoms with E-state index in [-0.39, 0.29) is 0 Å². The summed E-state index contributed by atoms with van der Waals surface area (Å²) in [5, 5.41) is 1.89. The lowest BCUT2D eigenvalue weighted by atomic mass is 10.0. The molecule has 3 aromatic rings. The zero-order valence-electron chi connectivity index (χ0n) is 9.10. The van der Waals surface area contributed by atoms with Crippen LogP contribution in [0.15, 0.2) is 60.8 Å². The van der Waals surface area contributed by atoms with Gasteiger partial charge in [-0.2, -0.15) is 0 Å². The Morgan fingerprint density at radius 1 is 0.882 bits per heavy atom. The van der Waals surface area contributed by atoms with Crippen molar-refractivity contribution < 1.29 is 0 Å². The molecule has 0 atom stereocenters. The van der Waals surface area contributed by atoms with Gasteiger partial charge in [0.1, 0.15) is 0 Å². The van der Waals surface area contributed by atoms with Crippen LogP contribution in [0.5, 0.6) is 0 Å². The van der Waals surface area contributed by atoms with Crippen molar-refractivity contribution in [3.63, 3.8) is 0 Å². The summed E-state index contributed by atoms with van der Waals surface area (Å²) < 4.78 is 0. The first-order valence-electron chi connectivity index (χ1n) is 5.44. The average molecular weight is 240 g/mol. The standard InChI is InChI=1S/C15H10ClN/c16-13-7-1-5-12(10-13)14-8-2-4-11-6-3-9-17-15(11)14/h1-10H. The zero-order valence-corrected chi connectivity index (χ0v) is 9.85. The molecule has 3 rings (SSSR count). The normalized spacial score (nSPS) is 10.6. The van der Waals surface area contributed by atoms with E-state index in [2.05, 4.69) is 29.2 Å². The highest BCUT2D eigenvalue weighted by Crippen LogP contribution is 2.28. The maximum atomic E-state index is 6.03. The number of fused-ring (bicyclic) bond motifs is 1. The Bertz CT molecular complexity index is 671. The van der Waals surface area contributed by atoms with Crippen LogP contribution in [0.2, 0.25) is 5.02 Å². The average Bonchev–Trinajstić information content (AvgIpc) is 2.38. The lowest BCUT2D eigenvalue weighted by molar-refractivity contribution is 1.41. The van der Waals surface area contributed by atoms with E-state index in [4.69, 9.17) is 11.6 Å². The van der Waals surface area contributed by atoms with E-state index in [0.717, 1.165) is 27.1 Å². The third kappa shape index (κ3) is 1.90. The molecule has 1 nitrogen and oxygen atoms in total. The van der Waals surface area contributed by atoms with Gasteiger partial charge in [-0.25, -0.2) is 0 Å². The number of hydrogen-bond donors (Lipinski definition) is 0. The monoisotopic (exact) mass is 239 g/mol. The third-order valence-corrected chi connectivity index (χ3v) is 3.00. The second-order valence-electron chi connectivity index (χ2n) is 3.89. The molecule has 2 aromatic carbocycles. The molecular weight excluding hydrogens is 230 g/mol. The Hall–Kier alpha value is -1.86. The number of hydrogen-bond acceptors (Lipinski definition) is 1. The molecule has 0 aliphatic rings. The molecule has 0 radical (unpaired) electrons. The predicted octanol–water partition coefficient (Wildman–Crippen LogP) is 4.56. The van der Waals surface area contributed by atoms with E-state index in [1.54, 1.807) is 0 Å². The van der Waals surface area contributed by atoms with E-state index in [1.165, 1.54) is 0 Å².